The van der Waals surface area contributed by atoms with E-state index in [0.717, 1.165) is 46.8 Å². The maximum atomic E-state index is 13.2. The Kier molecular flexibility index (Phi) is 4.78. The number of aromatic nitrogens is 6. The Hall–Kier alpha value is -2.83. The van der Waals surface area contributed by atoms with Crippen molar-refractivity contribution in [3.8, 4) is 0 Å². The van der Waals surface area contributed by atoms with E-state index in [9.17, 15) is 13.2 Å². The molecule has 4 aromatic heterocycles. The van der Waals surface area contributed by atoms with Crippen LogP contribution in [0.1, 0.15) is 30.1 Å². The van der Waals surface area contributed by atoms with Crippen molar-refractivity contribution < 1.29 is 13.2 Å². The van der Waals surface area contributed by atoms with E-state index in [-0.39, 0.29) is 5.92 Å². The van der Waals surface area contributed by atoms with Gasteiger partial charge in [-0.2, -0.15) is 13.2 Å². The van der Waals surface area contributed by atoms with Gasteiger partial charge in [-0.25, -0.2) is 4.68 Å². The molecule has 1 aliphatic rings. The molecule has 0 bridgehead atoms. The summed E-state index contributed by atoms with van der Waals surface area (Å²) in [4.78, 5) is 3.07. The van der Waals surface area contributed by atoms with Crippen molar-refractivity contribution in [2.75, 3.05) is 13.1 Å². The molecule has 5 heterocycles. The summed E-state index contributed by atoms with van der Waals surface area (Å²) >= 11 is 7.30. The molecule has 0 radical (unpaired) electrons. The Morgan fingerprint density at radius 2 is 1.97 bits per heavy atom. The number of benzene rings is 1. The predicted octanol–water partition coefficient (Wildman–Crippen LogP) is 4.98. The number of pyridine rings is 1. The molecule has 0 spiro atoms. The lowest BCUT2D eigenvalue weighted by Gasteiger charge is -2.31. The first kappa shape index (κ1) is 20.8. The van der Waals surface area contributed by atoms with Crippen LogP contribution in [0.25, 0.3) is 20.8 Å². The largest absolute Gasteiger partial charge is 0.417 e. The second-order valence-electron chi connectivity index (χ2n) is 8.23. The van der Waals surface area contributed by atoms with Crippen molar-refractivity contribution >= 4 is 44.4 Å². The van der Waals surface area contributed by atoms with Crippen LogP contribution in [0.4, 0.5) is 13.2 Å². The van der Waals surface area contributed by atoms with E-state index in [4.69, 9.17) is 17.3 Å². The summed E-state index contributed by atoms with van der Waals surface area (Å²) in [6, 6.07) is 10.5. The standard InChI is InChI=1S/C21H18F3N7S2/c22-21(23,24)14-7-8-17-25-26-18(29(17)11-14)13-4-3-9-28(10-13)12-30-20(32)31-15-5-1-2-6-16(15)33-19(31)27-30/h1-2,5-8,11,13H,3-4,9-10,12H2. The van der Waals surface area contributed by atoms with Crippen molar-refractivity contribution in [1.82, 2.24) is 33.7 Å². The Morgan fingerprint density at radius 1 is 1.12 bits per heavy atom. The molecule has 33 heavy (non-hydrogen) atoms. The van der Waals surface area contributed by atoms with E-state index < -0.39 is 11.7 Å². The van der Waals surface area contributed by atoms with Gasteiger partial charge in [0, 0.05) is 18.7 Å². The quantitative estimate of drug-likeness (QED) is 0.335. The predicted molar refractivity (Wildman–Crippen MR) is 121 cm³/mol. The fourth-order valence-corrected chi connectivity index (χ4v) is 5.88. The fraction of sp³-hybridized carbons (Fsp3) is 0.333. The van der Waals surface area contributed by atoms with Gasteiger partial charge in [0.2, 0.25) is 9.73 Å². The molecule has 1 atom stereocenters. The smallest absolute Gasteiger partial charge is 0.286 e. The van der Waals surface area contributed by atoms with Crippen molar-refractivity contribution in [2.45, 2.75) is 31.6 Å². The third kappa shape index (κ3) is 3.52. The van der Waals surface area contributed by atoms with E-state index in [0.29, 0.717) is 29.5 Å². The van der Waals surface area contributed by atoms with Gasteiger partial charge in [-0.15, -0.1) is 15.3 Å². The number of alkyl halides is 3. The molecule has 0 amide bonds. The van der Waals surface area contributed by atoms with Gasteiger partial charge in [-0.1, -0.05) is 23.5 Å². The summed E-state index contributed by atoms with van der Waals surface area (Å²) in [5.41, 5.74) is 0.750. The average Bonchev–Trinajstić information content (AvgIpc) is 3.46. The van der Waals surface area contributed by atoms with Crippen molar-refractivity contribution in [3.63, 3.8) is 0 Å². The number of piperidine rings is 1. The lowest BCUT2D eigenvalue weighted by molar-refractivity contribution is -0.137. The minimum Gasteiger partial charge on any atom is -0.286 e. The highest BCUT2D eigenvalue weighted by atomic mass is 32.1. The number of thiazole rings is 1. The van der Waals surface area contributed by atoms with Gasteiger partial charge in [-0.05, 0) is 55.9 Å². The average molecular weight is 490 g/mol. The first-order chi connectivity index (χ1) is 15.9. The molecule has 1 unspecified atom stereocenters. The van der Waals surface area contributed by atoms with Gasteiger partial charge in [0.1, 0.15) is 5.82 Å². The van der Waals surface area contributed by atoms with E-state index in [1.54, 1.807) is 11.3 Å². The number of hydrogen-bond donors (Lipinski definition) is 0. The second-order valence-corrected chi connectivity index (χ2v) is 9.60. The van der Waals surface area contributed by atoms with Crippen molar-refractivity contribution in [2.24, 2.45) is 0 Å². The van der Waals surface area contributed by atoms with Crippen LogP contribution in [0.5, 0.6) is 0 Å². The Balaban J connectivity index is 1.28. The molecule has 1 aromatic carbocycles. The summed E-state index contributed by atoms with van der Waals surface area (Å²) in [6.45, 7) is 2.02. The Bertz CT molecular complexity index is 1540. The van der Waals surface area contributed by atoms with Crippen LogP contribution in [-0.2, 0) is 12.8 Å². The van der Waals surface area contributed by atoms with Crippen LogP contribution >= 0.6 is 23.6 Å². The normalized spacial score (nSPS) is 18.1. The van der Waals surface area contributed by atoms with Crippen LogP contribution < -0.4 is 0 Å². The molecular weight excluding hydrogens is 471 g/mol. The van der Waals surface area contributed by atoms with Gasteiger partial charge >= 0.3 is 6.18 Å². The molecule has 7 nitrogen and oxygen atoms in total. The van der Waals surface area contributed by atoms with Gasteiger partial charge in [-0.3, -0.25) is 13.7 Å². The van der Waals surface area contributed by atoms with Crippen LogP contribution in [0.2, 0.25) is 0 Å². The zero-order chi connectivity index (χ0) is 22.7. The fourth-order valence-electron chi connectivity index (χ4n) is 4.52. The number of halogens is 3. The zero-order valence-electron chi connectivity index (χ0n) is 17.2. The maximum Gasteiger partial charge on any atom is 0.417 e. The molecule has 6 rings (SSSR count). The van der Waals surface area contributed by atoms with E-state index in [1.807, 2.05) is 27.3 Å². The first-order valence-electron chi connectivity index (χ1n) is 10.5. The third-order valence-corrected chi connectivity index (χ3v) is 7.48. The monoisotopic (exact) mass is 489 g/mol. The number of nitrogens with zero attached hydrogens (tertiary/aromatic N) is 7. The molecule has 0 aliphatic carbocycles. The first-order valence-corrected chi connectivity index (χ1v) is 11.7. The molecule has 12 heteroatoms. The van der Waals surface area contributed by atoms with Crippen LogP contribution in [0.3, 0.4) is 0 Å². The minimum absolute atomic E-state index is 0.0315. The highest BCUT2D eigenvalue weighted by Crippen LogP contribution is 2.32. The number of likely N-dealkylation sites (tertiary alicyclic amines) is 1. The van der Waals surface area contributed by atoms with Crippen molar-refractivity contribution in [1.29, 1.82) is 0 Å². The minimum atomic E-state index is -4.41. The summed E-state index contributed by atoms with van der Waals surface area (Å²) < 4.78 is 46.7. The van der Waals surface area contributed by atoms with Gasteiger partial charge in [0.05, 0.1) is 22.4 Å². The van der Waals surface area contributed by atoms with E-state index in [1.165, 1.54) is 10.5 Å². The highest BCUT2D eigenvalue weighted by molar-refractivity contribution is 7.71. The van der Waals surface area contributed by atoms with Crippen LogP contribution in [0.15, 0.2) is 42.6 Å². The Labute approximate surface area is 194 Å². The summed E-state index contributed by atoms with van der Waals surface area (Å²) in [5.74, 6) is 0.525. The lowest BCUT2D eigenvalue weighted by atomic mass is 9.97. The van der Waals surface area contributed by atoms with Crippen LogP contribution in [-0.4, -0.2) is 46.8 Å². The SMILES string of the molecule is FC(F)(F)c1ccc2nnc(C3CCCN(Cn4nc5sc6ccccc6n5c4=S)C3)n2c1. The molecule has 1 saturated heterocycles. The van der Waals surface area contributed by atoms with Crippen molar-refractivity contribution in [3.05, 3.63) is 58.8 Å². The molecule has 0 N–H and O–H groups in total. The molecule has 1 fully saturated rings. The molecule has 170 valence electrons. The number of para-hydroxylation sites is 1. The highest BCUT2D eigenvalue weighted by Gasteiger charge is 2.32. The van der Waals surface area contributed by atoms with Gasteiger partial charge < -0.3 is 0 Å². The molecular formula is C21H18F3N7S2. The third-order valence-electron chi connectivity index (χ3n) is 6.08. The molecule has 5 aromatic rings. The van der Waals surface area contributed by atoms with Gasteiger partial charge in [0.25, 0.3) is 0 Å². The number of hydrogen-bond acceptors (Lipinski definition) is 6. The molecule has 0 saturated carbocycles. The lowest BCUT2D eigenvalue weighted by Crippen LogP contribution is -2.36. The summed E-state index contributed by atoms with van der Waals surface area (Å²) in [6.07, 6.45) is -1.59. The topological polar surface area (TPSA) is 55.7 Å². The second kappa shape index (κ2) is 7.61. The van der Waals surface area contributed by atoms with Crippen LogP contribution in [0, 0.1) is 4.77 Å². The molecule has 1 aliphatic heterocycles. The summed E-state index contributed by atoms with van der Waals surface area (Å²) in [7, 11) is 0. The number of rotatable bonds is 3. The summed E-state index contributed by atoms with van der Waals surface area (Å²) in [5, 5.41) is 13.0. The zero-order valence-corrected chi connectivity index (χ0v) is 18.9. The van der Waals surface area contributed by atoms with Gasteiger partial charge in [0.15, 0.2) is 5.65 Å². The van der Waals surface area contributed by atoms with E-state index >= 15 is 0 Å². The van der Waals surface area contributed by atoms with E-state index in [2.05, 4.69) is 21.2 Å². The maximum absolute atomic E-state index is 13.2. The number of fused-ring (bicyclic) bond motifs is 4. The Morgan fingerprint density at radius 3 is 2.82 bits per heavy atom.